The van der Waals surface area contributed by atoms with E-state index in [9.17, 15) is 8.78 Å². The molecule has 0 fully saturated rings. The number of aromatic amines is 1. The normalized spacial score (nSPS) is 10.9. The maximum Gasteiger partial charge on any atom is 0.279 e. The first-order chi connectivity index (χ1) is 7.18. The Balaban J connectivity index is 2.50. The van der Waals surface area contributed by atoms with Crippen LogP contribution < -0.4 is 0 Å². The number of rotatable bonds is 2. The lowest BCUT2D eigenvalue weighted by molar-refractivity contribution is 0.145. The summed E-state index contributed by atoms with van der Waals surface area (Å²) < 4.78 is 26.3. The van der Waals surface area contributed by atoms with Crippen LogP contribution in [0, 0.1) is 4.64 Å². The molecule has 2 rings (SSSR count). The van der Waals surface area contributed by atoms with E-state index in [4.69, 9.17) is 12.2 Å². The fourth-order valence-electron chi connectivity index (χ4n) is 1.11. The number of halogens is 2. The molecule has 0 radical (unpaired) electrons. The Hall–Kier alpha value is -1.63. The van der Waals surface area contributed by atoms with Gasteiger partial charge in [0, 0.05) is 18.3 Å². The van der Waals surface area contributed by atoms with Crippen molar-refractivity contribution in [1.82, 2.24) is 19.7 Å². The maximum atomic E-state index is 12.4. The van der Waals surface area contributed by atoms with Crippen molar-refractivity contribution in [2.75, 3.05) is 0 Å². The summed E-state index contributed by atoms with van der Waals surface area (Å²) >= 11 is 4.91. The zero-order valence-corrected chi connectivity index (χ0v) is 8.21. The molecular weight excluding hydrogens is 222 g/mol. The molecule has 2 aromatic rings. The molecule has 78 valence electrons. The van der Waals surface area contributed by atoms with Crippen molar-refractivity contribution in [3.05, 3.63) is 35.0 Å². The average Bonchev–Trinajstić information content (AvgIpc) is 2.62. The Kier molecular flexibility index (Phi) is 2.55. The minimum Gasteiger partial charge on any atom is -0.290 e. The predicted octanol–water partition coefficient (Wildman–Crippen LogP) is 2.26. The Morgan fingerprint density at radius 2 is 2.27 bits per heavy atom. The van der Waals surface area contributed by atoms with Crippen molar-refractivity contribution in [1.29, 1.82) is 0 Å². The van der Waals surface area contributed by atoms with Crippen molar-refractivity contribution in [2.24, 2.45) is 0 Å². The van der Waals surface area contributed by atoms with E-state index in [-0.39, 0.29) is 10.3 Å². The molecule has 1 N–H and O–H groups in total. The highest BCUT2D eigenvalue weighted by Crippen LogP contribution is 2.17. The lowest BCUT2D eigenvalue weighted by Gasteiger charge is -2.00. The summed E-state index contributed by atoms with van der Waals surface area (Å²) in [6.45, 7) is 0. The Labute approximate surface area is 88.6 Å². The second kappa shape index (κ2) is 3.85. The topological polar surface area (TPSA) is 46.5 Å². The highest BCUT2D eigenvalue weighted by atomic mass is 32.1. The summed E-state index contributed by atoms with van der Waals surface area (Å²) in [5.74, 6) is 0.432. The van der Waals surface area contributed by atoms with Crippen LogP contribution in [0.25, 0.3) is 5.82 Å². The van der Waals surface area contributed by atoms with Gasteiger partial charge in [-0.15, -0.1) is 0 Å². The molecule has 0 aliphatic carbocycles. The third kappa shape index (κ3) is 1.91. The second-order valence-electron chi connectivity index (χ2n) is 2.75. The molecule has 0 aromatic carbocycles. The molecule has 2 heterocycles. The van der Waals surface area contributed by atoms with Crippen LogP contribution >= 0.6 is 12.2 Å². The lowest BCUT2D eigenvalue weighted by Crippen LogP contribution is -2.00. The maximum absolute atomic E-state index is 12.4. The highest BCUT2D eigenvalue weighted by molar-refractivity contribution is 7.71. The van der Waals surface area contributed by atoms with Crippen LogP contribution in [0.4, 0.5) is 8.78 Å². The summed E-state index contributed by atoms with van der Waals surface area (Å²) in [7, 11) is 0. The van der Waals surface area contributed by atoms with Gasteiger partial charge in [0.1, 0.15) is 16.7 Å². The Bertz CT molecular complexity index is 505. The van der Waals surface area contributed by atoms with Crippen molar-refractivity contribution in [2.45, 2.75) is 6.43 Å². The number of hydrogen-bond acceptors (Lipinski definition) is 3. The van der Waals surface area contributed by atoms with Gasteiger partial charge in [-0.1, -0.05) is 12.2 Å². The zero-order chi connectivity index (χ0) is 10.8. The smallest absolute Gasteiger partial charge is 0.279 e. The zero-order valence-electron chi connectivity index (χ0n) is 7.39. The van der Waals surface area contributed by atoms with Gasteiger partial charge in [0.15, 0.2) is 5.82 Å². The van der Waals surface area contributed by atoms with Gasteiger partial charge in [-0.05, 0) is 0 Å². The minimum atomic E-state index is -2.57. The quantitative estimate of drug-likeness (QED) is 0.802. The summed E-state index contributed by atoms with van der Waals surface area (Å²) in [5, 5.41) is 2.47. The van der Waals surface area contributed by atoms with Crippen LogP contribution in [0.2, 0.25) is 0 Å². The molecule has 15 heavy (non-hydrogen) atoms. The van der Waals surface area contributed by atoms with Crippen LogP contribution in [0.3, 0.4) is 0 Å². The summed E-state index contributed by atoms with van der Waals surface area (Å²) in [6.07, 6.45) is 0.252. The number of alkyl halides is 2. The van der Waals surface area contributed by atoms with Crippen molar-refractivity contribution < 1.29 is 8.78 Å². The van der Waals surface area contributed by atoms with Gasteiger partial charge in [0.25, 0.3) is 6.43 Å². The Morgan fingerprint density at radius 1 is 1.47 bits per heavy atom. The molecule has 0 saturated carbocycles. The lowest BCUT2D eigenvalue weighted by atomic mass is 10.5. The average molecular weight is 228 g/mol. The van der Waals surface area contributed by atoms with E-state index in [0.717, 1.165) is 0 Å². The molecule has 4 nitrogen and oxygen atoms in total. The van der Waals surface area contributed by atoms with Gasteiger partial charge in [-0.3, -0.25) is 5.10 Å². The van der Waals surface area contributed by atoms with Crippen molar-refractivity contribution in [3.8, 4) is 5.82 Å². The number of hydrogen-bond donors (Lipinski definition) is 1. The summed E-state index contributed by atoms with van der Waals surface area (Å²) in [5.41, 5.74) is -0.224. The SMILES string of the molecule is FC(F)c1cc(=S)n(-c2ccncn2)[nH]1. The fourth-order valence-corrected chi connectivity index (χ4v) is 1.38. The molecule has 0 saturated heterocycles. The largest absolute Gasteiger partial charge is 0.290 e. The van der Waals surface area contributed by atoms with Crippen LogP contribution in [-0.2, 0) is 0 Å². The van der Waals surface area contributed by atoms with Gasteiger partial charge in [-0.25, -0.2) is 23.4 Å². The minimum absolute atomic E-state index is 0.224. The Morgan fingerprint density at radius 3 is 2.80 bits per heavy atom. The fraction of sp³-hybridized carbons (Fsp3) is 0.125. The van der Waals surface area contributed by atoms with Gasteiger partial charge in [0.05, 0.1) is 0 Å². The number of nitrogens with zero attached hydrogens (tertiary/aromatic N) is 3. The summed E-state index contributed by atoms with van der Waals surface area (Å²) in [4.78, 5) is 7.61. The number of nitrogens with one attached hydrogen (secondary N) is 1. The molecule has 0 spiro atoms. The van der Waals surface area contributed by atoms with E-state index in [1.165, 1.54) is 23.3 Å². The highest BCUT2D eigenvalue weighted by Gasteiger charge is 2.11. The van der Waals surface area contributed by atoms with E-state index in [1.807, 2.05) is 0 Å². The van der Waals surface area contributed by atoms with Gasteiger partial charge < -0.3 is 0 Å². The predicted molar refractivity (Wildman–Crippen MR) is 51.5 cm³/mol. The van der Waals surface area contributed by atoms with Crippen LogP contribution in [0.15, 0.2) is 24.7 Å². The third-order valence-corrected chi connectivity index (χ3v) is 2.07. The van der Waals surface area contributed by atoms with Gasteiger partial charge >= 0.3 is 0 Å². The van der Waals surface area contributed by atoms with Crippen LogP contribution in [0.5, 0.6) is 0 Å². The third-order valence-electron chi connectivity index (χ3n) is 1.77. The van der Waals surface area contributed by atoms with E-state index in [2.05, 4.69) is 15.1 Å². The molecule has 2 aromatic heterocycles. The van der Waals surface area contributed by atoms with E-state index in [1.54, 1.807) is 6.07 Å². The first-order valence-electron chi connectivity index (χ1n) is 4.05. The summed E-state index contributed by atoms with van der Waals surface area (Å²) in [6, 6.07) is 2.78. The second-order valence-corrected chi connectivity index (χ2v) is 3.17. The van der Waals surface area contributed by atoms with Crippen molar-refractivity contribution >= 4 is 12.2 Å². The van der Waals surface area contributed by atoms with Crippen LogP contribution in [-0.4, -0.2) is 19.7 Å². The van der Waals surface area contributed by atoms with E-state index >= 15 is 0 Å². The van der Waals surface area contributed by atoms with Gasteiger partial charge in [0.2, 0.25) is 0 Å². The molecule has 0 bridgehead atoms. The monoisotopic (exact) mass is 228 g/mol. The molecule has 0 aliphatic rings. The van der Waals surface area contributed by atoms with Crippen molar-refractivity contribution in [3.63, 3.8) is 0 Å². The molecule has 7 heteroatoms. The molecule has 0 unspecified atom stereocenters. The van der Waals surface area contributed by atoms with Gasteiger partial charge in [-0.2, -0.15) is 0 Å². The van der Waals surface area contributed by atoms with Crippen LogP contribution in [0.1, 0.15) is 12.1 Å². The standard InChI is InChI=1S/C8H6F2N4S/c9-8(10)5-3-7(15)14(13-5)6-1-2-11-4-12-6/h1-4,8,13H. The molecule has 0 atom stereocenters. The molecule has 0 amide bonds. The number of H-pyrrole nitrogens is 1. The van der Waals surface area contributed by atoms with E-state index in [0.29, 0.717) is 5.82 Å². The first kappa shape index (κ1) is 9.91. The number of aromatic nitrogens is 4. The molecule has 0 aliphatic heterocycles. The van der Waals surface area contributed by atoms with E-state index < -0.39 is 6.43 Å². The first-order valence-corrected chi connectivity index (χ1v) is 4.46. The molecular formula is C8H6F2N4S.